The van der Waals surface area contributed by atoms with Crippen LogP contribution < -0.4 is 14.8 Å². The molecule has 0 aliphatic carbocycles. The average Bonchev–Trinajstić information content (AvgIpc) is 2.94. The highest BCUT2D eigenvalue weighted by Gasteiger charge is 2.32. The van der Waals surface area contributed by atoms with E-state index >= 15 is 0 Å². The van der Waals surface area contributed by atoms with Crippen LogP contribution in [-0.2, 0) is 4.79 Å². The number of carbonyl (C=O) groups excluding carboxylic acids is 1. The third-order valence-corrected chi connectivity index (χ3v) is 5.97. The molecule has 0 bridgehead atoms. The van der Waals surface area contributed by atoms with Crippen molar-refractivity contribution in [3.63, 3.8) is 0 Å². The Balaban J connectivity index is 1.80. The van der Waals surface area contributed by atoms with E-state index in [1.54, 1.807) is 26.4 Å². The maximum atomic E-state index is 12.8. The highest BCUT2D eigenvalue weighted by Crippen LogP contribution is 2.35. The number of amides is 1. The number of methoxy groups -OCH3 is 2. The second kappa shape index (κ2) is 8.77. The molecule has 5 nitrogen and oxygen atoms in total. The van der Waals surface area contributed by atoms with Gasteiger partial charge < -0.3 is 14.8 Å². The number of para-hydroxylation sites is 1. The van der Waals surface area contributed by atoms with Gasteiger partial charge in [0.2, 0.25) is 0 Å². The summed E-state index contributed by atoms with van der Waals surface area (Å²) in [5, 5.41) is 3.23. The molecule has 1 saturated heterocycles. The molecule has 2 aromatic carbocycles. The number of benzene rings is 2. The van der Waals surface area contributed by atoms with Crippen LogP contribution in [-0.4, -0.2) is 36.0 Å². The van der Waals surface area contributed by atoms with E-state index < -0.39 is 0 Å². The van der Waals surface area contributed by atoms with Gasteiger partial charge in [-0.15, -0.1) is 0 Å². The van der Waals surface area contributed by atoms with E-state index in [9.17, 15) is 4.79 Å². The quantitative estimate of drug-likeness (QED) is 0.492. The predicted octanol–water partition coefficient (Wildman–Crippen LogP) is 4.74. The molecule has 0 radical (unpaired) electrons. The second-order valence-corrected chi connectivity index (χ2v) is 8.06. The third-order valence-electron chi connectivity index (χ3n) is 3.90. The zero-order chi connectivity index (χ0) is 19.4. The van der Waals surface area contributed by atoms with E-state index in [1.807, 2.05) is 36.4 Å². The molecule has 0 unspecified atom stereocenters. The van der Waals surface area contributed by atoms with Gasteiger partial charge in [-0.1, -0.05) is 36.1 Å². The third kappa shape index (κ3) is 4.45. The lowest BCUT2D eigenvalue weighted by atomic mass is 10.1. The molecule has 140 valence electrons. The van der Waals surface area contributed by atoms with E-state index in [0.29, 0.717) is 27.4 Å². The summed E-state index contributed by atoms with van der Waals surface area (Å²) in [5.41, 5.74) is 1.65. The lowest BCUT2D eigenvalue weighted by Crippen LogP contribution is -2.33. The SMILES string of the molecule is COc1ccc(OC)c(/C=C2/SC(=S)N(CNc3ccccc3Br)C2=O)c1. The second-order valence-electron chi connectivity index (χ2n) is 5.53. The molecule has 8 heteroatoms. The standard InChI is InChI=1S/C19H17BrN2O3S2/c1-24-13-7-8-16(25-2)12(9-13)10-17-18(23)22(19(26)27-17)11-21-15-6-4-3-5-14(15)20/h3-10,21H,11H2,1-2H3/b17-10+. The molecule has 1 N–H and O–H groups in total. The van der Waals surface area contributed by atoms with Crippen LogP contribution in [0.25, 0.3) is 6.08 Å². The van der Waals surface area contributed by atoms with Crippen LogP contribution in [0, 0.1) is 0 Å². The van der Waals surface area contributed by atoms with Crippen LogP contribution in [0.3, 0.4) is 0 Å². The summed E-state index contributed by atoms with van der Waals surface area (Å²) >= 11 is 10.1. The fraction of sp³-hybridized carbons (Fsp3) is 0.158. The molecule has 1 heterocycles. The number of nitrogens with zero attached hydrogens (tertiary/aromatic N) is 1. The molecule has 1 amide bonds. The number of carbonyl (C=O) groups is 1. The van der Waals surface area contributed by atoms with Gasteiger partial charge in [0.25, 0.3) is 5.91 Å². The molecule has 27 heavy (non-hydrogen) atoms. The highest BCUT2D eigenvalue weighted by molar-refractivity contribution is 9.10. The Bertz CT molecular complexity index is 918. The number of thioether (sulfide) groups is 1. The monoisotopic (exact) mass is 464 g/mol. The number of nitrogens with one attached hydrogen (secondary N) is 1. The Morgan fingerprint density at radius 3 is 2.70 bits per heavy atom. The van der Waals surface area contributed by atoms with Gasteiger partial charge >= 0.3 is 0 Å². The first-order valence-electron chi connectivity index (χ1n) is 7.99. The number of rotatable bonds is 6. The minimum atomic E-state index is -0.144. The first-order valence-corrected chi connectivity index (χ1v) is 10.0. The van der Waals surface area contributed by atoms with Crippen LogP contribution in [0.2, 0.25) is 0 Å². The summed E-state index contributed by atoms with van der Waals surface area (Å²) in [5.74, 6) is 1.20. The van der Waals surface area contributed by atoms with Crippen molar-refractivity contribution in [2.75, 3.05) is 26.2 Å². The van der Waals surface area contributed by atoms with Crippen LogP contribution >= 0.6 is 39.9 Å². The van der Waals surface area contributed by atoms with Crippen molar-refractivity contribution in [1.29, 1.82) is 0 Å². The highest BCUT2D eigenvalue weighted by atomic mass is 79.9. The van der Waals surface area contributed by atoms with Crippen molar-refractivity contribution >= 4 is 61.9 Å². The first kappa shape index (κ1) is 19.7. The molecule has 2 aromatic rings. The number of hydrogen-bond donors (Lipinski definition) is 1. The van der Waals surface area contributed by atoms with Gasteiger partial charge in [-0.3, -0.25) is 9.69 Å². The molecule has 0 aromatic heterocycles. The lowest BCUT2D eigenvalue weighted by molar-refractivity contribution is -0.121. The summed E-state index contributed by atoms with van der Waals surface area (Å²) in [6.07, 6.45) is 1.78. The van der Waals surface area contributed by atoms with Gasteiger partial charge in [-0.05, 0) is 52.3 Å². The van der Waals surface area contributed by atoms with Gasteiger partial charge in [-0.25, -0.2) is 0 Å². The van der Waals surface area contributed by atoms with E-state index in [4.69, 9.17) is 21.7 Å². The van der Waals surface area contributed by atoms with Crippen molar-refractivity contribution in [2.45, 2.75) is 0 Å². The molecular formula is C19H17BrN2O3S2. The maximum Gasteiger partial charge on any atom is 0.267 e. The molecule has 3 rings (SSSR count). The summed E-state index contributed by atoms with van der Waals surface area (Å²) in [6, 6.07) is 13.2. The Hall–Kier alpha value is -2.03. The minimum absolute atomic E-state index is 0.144. The number of anilines is 1. The summed E-state index contributed by atoms with van der Waals surface area (Å²) < 4.78 is 12.1. The van der Waals surface area contributed by atoms with E-state index in [-0.39, 0.29) is 5.91 Å². The van der Waals surface area contributed by atoms with Crippen LogP contribution in [0.4, 0.5) is 5.69 Å². The van der Waals surface area contributed by atoms with E-state index in [0.717, 1.165) is 15.7 Å². The van der Waals surface area contributed by atoms with Crippen molar-refractivity contribution in [1.82, 2.24) is 4.90 Å². The van der Waals surface area contributed by atoms with Gasteiger partial charge in [0.05, 0.1) is 25.8 Å². The Kier molecular flexibility index (Phi) is 6.41. The first-order chi connectivity index (χ1) is 13.0. The molecule has 1 aliphatic heterocycles. The zero-order valence-corrected chi connectivity index (χ0v) is 17.9. The van der Waals surface area contributed by atoms with Gasteiger partial charge in [0, 0.05) is 15.7 Å². The normalized spacial score (nSPS) is 15.4. The van der Waals surface area contributed by atoms with Crippen LogP contribution in [0.5, 0.6) is 11.5 Å². The fourth-order valence-electron chi connectivity index (χ4n) is 2.50. The van der Waals surface area contributed by atoms with Crippen molar-refractivity contribution in [3.8, 4) is 11.5 Å². The van der Waals surface area contributed by atoms with E-state index in [2.05, 4.69) is 21.2 Å². The molecule has 0 spiro atoms. The molecule has 0 saturated carbocycles. The van der Waals surface area contributed by atoms with E-state index in [1.165, 1.54) is 16.7 Å². The number of thiocarbonyl (C=S) groups is 1. The molecular weight excluding hydrogens is 448 g/mol. The predicted molar refractivity (Wildman–Crippen MR) is 117 cm³/mol. The zero-order valence-electron chi connectivity index (χ0n) is 14.7. The Morgan fingerprint density at radius 2 is 2.00 bits per heavy atom. The smallest absolute Gasteiger partial charge is 0.267 e. The van der Waals surface area contributed by atoms with Crippen LogP contribution in [0.15, 0.2) is 51.8 Å². The fourth-order valence-corrected chi connectivity index (χ4v) is 4.17. The van der Waals surface area contributed by atoms with Crippen molar-refractivity contribution in [3.05, 3.63) is 57.4 Å². The summed E-state index contributed by atoms with van der Waals surface area (Å²) in [4.78, 5) is 14.9. The van der Waals surface area contributed by atoms with Gasteiger partial charge in [0.1, 0.15) is 15.8 Å². The van der Waals surface area contributed by atoms with Crippen LogP contribution in [0.1, 0.15) is 5.56 Å². The average molecular weight is 465 g/mol. The minimum Gasteiger partial charge on any atom is -0.497 e. The molecule has 1 fully saturated rings. The number of halogens is 1. The maximum absolute atomic E-state index is 12.8. The summed E-state index contributed by atoms with van der Waals surface area (Å²) in [6.45, 7) is 0.292. The van der Waals surface area contributed by atoms with Crippen molar-refractivity contribution < 1.29 is 14.3 Å². The summed E-state index contributed by atoms with van der Waals surface area (Å²) in [7, 11) is 3.18. The topological polar surface area (TPSA) is 50.8 Å². The Labute approximate surface area is 175 Å². The van der Waals surface area contributed by atoms with Gasteiger partial charge in [0.15, 0.2) is 0 Å². The number of ether oxygens (including phenoxy) is 2. The largest absolute Gasteiger partial charge is 0.497 e. The number of hydrogen-bond acceptors (Lipinski definition) is 6. The van der Waals surface area contributed by atoms with Crippen molar-refractivity contribution in [2.24, 2.45) is 0 Å². The lowest BCUT2D eigenvalue weighted by Gasteiger charge is -2.17. The molecule has 0 atom stereocenters. The Morgan fingerprint density at radius 1 is 1.22 bits per heavy atom. The van der Waals surface area contributed by atoms with Gasteiger partial charge in [-0.2, -0.15) is 0 Å². The molecule has 1 aliphatic rings.